The van der Waals surface area contributed by atoms with Gasteiger partial charge >= 0.3 is 0 Å². The van der Waals surface area contributed by atoms with Crippen molar-refractivity contribution in [3.05, 3.63) is 199 Å². The van der Waals surface area contributed by atoms with Gasteiger partial charge in [-0.2, -0.15) is 0 Å². The highest BCUT2D eigenvalue weighted by Gasteiger charge is 2.18. The van der Waals surface area contributed by atoms with Crippen LogP contribution >= 0.6 is 0 Å². The van der Waals surface area contributed by atoms with E-state index in [9.17, 15) is 0 Å². The predicted molar refractivity (Wildman–Crippen MR) is 236 cm³/mol. The second-order valence-corrected chi connectivity index (χ2v) is 14.6. The van der Waals surface area contributed by atoms with Crippen molar-refractivity contribution in [1.82, 2.24) is 0 Å². The highest BCUT2D eigenvalue weighted by molar-refractivity contribution is 6.21. The van der Waals surface area contributed by atoms with E-state index >= 15 is 0 Å². The molecule has 0 radical (unpaired) electrons. The summed E-state index contributed by atoms with van der Waals surface area (Å²) < 4.78 is 6.62. The van der Waals surface area contributed by atoms with Gasteiger partial charge in [-0.15, -0.1) is 0 Å². The van der Waals surface area contributed by atoms with E-state index < -0.39 is 0 Å². The molecule has 8 aromatic carbocycles. The summed E-state index contributed by atoms with van der Waals surface area (Å²) in [6.45, 7) is 5.29. The maximum atomic E-state index is 6.62. The quantitative estimate of drug-likeness (QED) is 0.0854. The zero-order valence-corrected chi connectivity index (χ0v) is 31.9. The number of hydrogen-bond acceptors (Lipinski definition) is 1. The average molecular weight is 713 g/mol. The summed E-state index contributed by atoms with van der Waals surface area (Å²) in [5.41, 5.74) is 12.1. The molecule has 0 heterocycles. The Morgan fingerprint density at radius 2 is 0.982 bits per heavy atom. The van der Waals surface area contributed by atoms with Gasteiger partial charge in [0.05, 0.1) is 6.61 Å². The van der Waals surface area contributed by atoms with Gasteiger partial charge < -0.3 is 4.74 Å². The molecule has 0 amide bonds. The zero-order valence-electron chi connectivity index (χ0n) is 31.9. The molecule has 0 saturated heterocycles. The number of benzene rings is 8. The summed E-state index contributed by atoms with van der Waals surface area (Å²) in [5.74, 6) is 1.49. The first-order valence-electron chi connectivity index (χ1n) is 19.9. The molecule has 1 atom stereocenters. The van der Waals surface area contributed by atoms with Crippen LogP contribution in [0.3, 0.4) is 0 Å². The van der Waals surface area contributed by atoms with Crippen LogP contribution in [0.1, 0.15) is 56.2 Å². The van der Waals surface area contributed by atoms with E-state index in [-0.39, 0.29) is 0 Å². The van der Waals surface area contributed by atoms with Gasteiger partial charge in [-0.3, -0.25) is 0 Å². The fourth-order valence-corrected chi connectivity index (χ4v) is 7.92. The molecule has 0 aliphatic carbocycles. The maximum Gasteiger partial charge on any atom is 0.119 e. The van der Waals surface area contributed by atoms with E-state index in [2.05, 4.69) is 202 Å². The summed E-state index contributed by atoms with van der Waals surface area (Å²) in [5, 5.41) is 4.92. The topological polar surface area (TPSA) is 9.23 Å². The lowest BCUT2D eigenvalue weighted by molar-refractivity contribution is 0.233. The Labute approximate surface area is 326 Å². The lowest BCUT2D eigenvalue weighted by Crippen LogP contribution is -2.11. The van der Waals surface area contributed by atoms with Crippen molar-refractivity contribution in [1.29, 1.82) is 0 Å². The highest BCUT2D eigenvalue weighted by atomic mass is 16.5. The summed E-state index contributed by atoms with van der Waals surface area (Å²) in [6, 6.07) is 65.8. The minimum Gasteiger partial charge on any atom is -0.493 e. The third kappa shape index (κ3) is 7.89. The predicted octanol–water partition coefficient (Wildman–Crippen LogP) is 15.2. The second kappa shape index (κ2) is 16.9. The van der Waals surface area contributed by atoms with Gasteiger partial charge in [-0.05, 0) is 108 Å². The minimum absolute atomic E-state index is 0.558. The van der Waals surface area contributed by atoms with E-state index in [4.69, 9.17) is 4.74 Å². The number of rotatable bonds is 13. The van der Waals surface area contributed by atoms with Crippen molar-refractivity contribution >= 4 is 33.2 Å². The highest BCUT2D eigenvalue weighted by Crippen LogP contribution is 2.45. The van der Waals surface area contributed by atoms with Crippen LogP contribution < -0.4 is 4.74 Å². The molecule has 1 unspecified atom stereocenters. The van der Waals surface area contributed by atoms with Gasteiger partial charge in [0, 0.05) is 0 Å². The van der Waals surface area contributed by atoms with Crippen LogP contribution in [0, 0.1) is 5.92 Å². The Balaban J connectivity index is 1.26. The lowest BCUT2D eigenvalue weighted by atomic mass is 9.85. The molecule has 0 fully saturated rings. The number of ether oxygens (including phenoxy) is 1. The van der Waals surface area contributed by atoms with Crippen molar-refractivity contribution in [3.8, 4) is 39.1 Å². The number of unbranched alkanes of at least 4 members (excludes halogenated alkanes) is 1. The van der Waals surface area contributed by atoms with Gasteiger partial charge in [0.1, 0.15) is 5.75 Å². The van der Waals surface area contributed by atoms with Gasteiger partial charge in [0.15, 0.2) is 0 Å². The second-order valence-electron chi connectivity index (χ2n) is 14.6. The van der Waals surface area contributed by atoms with Crippen molar-refractivity contribution in [2.45, 2.75) is 39.5 Å². The Hall–Kier alpha value is -6.18. The molecule has 0 aliphatic rings. The van der Waals surface area contributed by atoms with Crippen molar-refractivity contribution in [2.75, 3.05) is 6.61 Å². The first-order chi connectivity index (χ1) is 27.2. The molecular formula is C54H48O. The summed E-state index contributed by atoms with van der Waals surface area (Å²) in [6.07, 6.45) is 7.10. The minimum atomic E-state index is 0.558. The normalized spacial score (nSPS) is 11.7. The Morgan fingerprint density at radius 1 is 0.491 bits per heavy atom. The van der Waals surface area contributed by atoms with E-state index in [0.717, 1.165) is 24.3 Å². The molecule has 55 heavy (non-hydrogen) atoms. The fourth-order valence-electron chi connectivity index (χ4n) is 7.92. The zero-order chi connectivity index (χ0) is 37.4. The molecule has 0 bridgehead atoms. The Kier molecular flexibility index (Phi) is 11.0. The lowest BCUT2D eigenvalue weighted by Gasteiger charge is -2.20. The van der Waals surface area contributed by atoms with E-state index in [1.54, 1.807) is 0 Å². The monoisotopic (exact) mass is 712 g/mol. The fraction of sp³-hybridized carbons (Fsp3) is 0.148. The van der Waals surface area contributed by atoms with Crippen LogP contribution in [-0.4, -0.2) is 6.61 Å². The molecular weight excluding hydrogens is 665 g/mol. The van der Waals surface area contributed by atoms with Crippen LogP contribution in [-0.2, 0) is 0 Å². The molecule has 0 N–H and O–H groups in total. The molecule has 0 aromatic heterocycles. The molecule has 0 aliphatic heterocycles. The van der Waals surface area contributed by atoms with Crippen LogP contribution in [0.4, 0.5) is 0 Å². The van der Waals surface area contributed by atoms with Gasteiger partial charge in [0.25, 0.3) is 0 Å². The average Bonchev–Trinajstić information content (AvgIpc) is 3.26. The van der Waals surface area contributed by atoms with Crippen LogP contribution in [0.5, 0.6) is 5.75 Å². The number of fused-ring (bicyclic) bond motifs is 2. The first kappa shape index (κ1) is 35.8. The van der Waals surface area contributed by atoms with Crippen LogP contribution in [0.15, 0.2) is 182 Å². The molecule has 8 aromatic rings. The maximum absolute atomic E-state index is 6.62. The van der Waals surface area contributed by atoms with E-state index in [1.807, 2.05) is 0 Å². The summed E-state index contributed by atoms with van der Waals surface area (Å²) in [7, 11) is 0. The van der Waals surface area contributed by atoms with Crippen molar-refractivity contribution in [2.24, 2.45) is 5.92 Å². The van der Waals surface area contributed by atoms with Crippen molar-refractivity contribution < 1.29 is 4.74 Å². The first-order valence-corrected chi connectivity index (χ1v) is 19.9. The summed E-state index contributed by atoms with van der Waals surface area (Å²) >= 11 is 0. The van der Waals surface area contributed by atoms with Crippen LogP contribution in [0.2, 0.25) is 0 Å². The number of hydrogen-bond donors (Lipinski definition) is 0. The van der Waals surface area contributed by atoms with Crippen molar-refractivity contribution in [3.63, 3.8) is 0 Å². The van der Waals surface area contributed by atoms with Gasteiger partial charge in [0.2, 0.25) is 0 Å². The van der Waals surface area contributed by atoms with E-state index in [1.165, 1.54) is 90.9 Å². The smallest absolute Gasteiger partial charge is 0.119 e. The molecule has 1 nitrogen and oxygen atoms in total. The molecule has 270 valence electrons. The third-order valence-electron chi connectivity index (χ3n) is 11.0. The molecule has 0 spiro atoms. The molecule has 0 saturated carbocycles. The largest absolute Gasteiger partial charge is 0.493 e. The van der Waals surface area contributed by atoms with Crippen LogP contribution in [0.25, 0.3) is 66.6 Å². The standard InChI is InChI=1S/C54H48O/c1-3-5-17-39(4-2)38-55-47-34-35-50-52(37-47)54(45-28-26-40(27-29-45)36-51(43-20-11-7-12-21-43)44-22-13-8-14-23-44)49-25-16-15-24-48(49)53(50)46-32-30-42(31-33-46)41-18-9-6-10-19-41/h6-16,18-37,39H,3-5,17,38H2,1-2H3. The van der Waals surface area contributed by atoms with Gasteiger partial charge in [-0.25, -0.2) is 0 Å². The third-order valence-corrected chi connectivity index (χ3v) is 11.0. The molecule has 1 heteroatoms. The van der Waals surface area contributed by atoms with Gasteiger partial charge in [-0.1, -0.05) is 203 Å². The summed E-state index contributed by atoms with van der Waals surface area (Å²) in [4.78, 5) is 0. The molecule has 8 rings (SSSR count). The Morgan fingerprint density at radius 3 is 1.56 bits per heavy atom. The Bertz CT molecular complexity index is 2470. The van der Waals surface area contributed by atoms with E-state index in [0.29, 0.717) is 5.92 Å². The SMILES string of the molecule is CCCCC(CC)COc1ccc2c(-c3ccc(-c4ccccc4)cc3)c3ccccc3c(-c3ccc(C=C(c4ccccc4)c4ccccc4)cc3)c2c1.